The van der Waals surface area contributed by atoms with Gasteiger partial charge in [0.2, 0.25) is 0 Å². The van der Waals surface area contributed by atoms with Gasteiger partial charge < -0.3 is 14.8 Å². The largest absolute Gasteiger partial charge is 0.344 e. The van der Waals surface area contributed by atoms with E-state index >= 15 is 0 Å². The Morgan fingerprint density at radius 2 is 1.87 bits per heavy atom. The number of allylic oxidation sites excluding steroid dienone is 1. The third-order valence-electron chi connectivity index (χ3n) is 7.35. The monoisotopic (exact) mass is 415 g/mol. The van der Waals surface area contributed by atoms with Crippen LogP contribution in [0.2, 0.25) is 0 Å². The fraction of sp³-hybridized carbons (Fsp3) is 0.462. The summed E-state index contributed by atoms with van der Waals surface area (Å²) in [4.78, 5) is 11.7. The van der Waals surface area contributed by atoms with Crippen LogP contribution in [0.5, 0.6) is 0 Å². The van der Waals surface area contributed by atoms with Gasteiger partial charge in [0.25, 0.3) is 0 Å². The highest BCUT2D eigenvalue weighted by atomic mass is 15.1. The Hall–Kier alpha value is -2.66. The van der Waals surface area contributed by atoms with Gasteiger partial charge in [-0.25, -0.2) is 9.97 Å². The molecule has 0 unspecified atom stereocenters. The van der Waals surface area contributed by atoms with Crippen LogP contribution in [0.15, 0.2) is 48.9 Å². The molecular formula is C26H33N5. The lowest BCUT2D eigenvalue weighted by atomic mass is 9.84. The van der Waals surface area contributed by atoms with Crippen molar-refractivity contribution in [3.8, 4) is 11.3 Å². The molecule has 1 N–H and O–H groups in total. The van der Waals surface area contributed by atoms with E-state index in [9.17, 15) is 0 Å². The van der Waals surface area contributed by atoms with Gasteiger partial charge in [-0.1, -0.05) is 25.1 Å². The van der Waals surface area contributed by atoms with E-state index in [0.29, 0.717) is 5.92 Å². The Kier molecular flexibility index (Phi) is 5.53. The first-order chi connectivity index (χ1) is 15.1. The van der Waals surface area contributed by atoms with Crippen LogP contribution in [0, 0.1) is 18.8 Å². The summed E-state index contributed by atoms with van der Waals surface area (Å²) in [6, 6.07) is 8.64. The Bertz CT molecular complexity index is 1090. The van der Waals surface area contributed by atoms with Crippen LogP contribution >= 0.6 is 0 Å². The normalized spacial score (nSPS) is 18.3. The van der Waals surface area contributed by atoms with E-state index in [2.05, 4.69) is 62.6 Å². The molecule has 0 amide bonds. The maximum Gasteiger partial charge on any atom is 0.130 e. The molecule has 3 heterocycles. The molecule has 31 heavy (non-hydrogen) atoms. The number of hydrogen-bond donors (Lipinski definition) is 1. The molecule has 1 saturated heterocycles. The number of aromatic nitrogens is 3. The Morgan fingerprint density at radius 1 is 1.06 bits per heavy atom. The van der Waals surface area contributed by atoms with Crippen molar-refractivity contribution in [2.45, 2.75) is 39.0 Å². The molecule has 5 heteroatoms. The summed E-state index contributed by atoms with van der Waals surface area (Å²) in [5.41, 5.74) is 3.41. The Balaban J connectivity index is 1.25. The van der Waals surface area contributed by atoms with Gasteiger partial charge in [-0.3, -0.25) is 0 Å². The highest BCUT2D eigenvalue weighted by Crippen LogP contribution is 2.31. The molecular weight excluding hydrogens is 382 g/mol. The quantitative estimate of drug-likeness (QED) is 0.587. The van der Waals surface area contributed by atoms with Crippen molar-refractivity contribution in [2.75, 3.05) is 25.0 Å². The van der Waals surface area contributed by atoms with Crippen molar-refractivity contribution < 1.29 is 0 Å². The number of rotatable bonds is 6. The Morgan fingerprint density at radius 3 is 2.55 bits per heavy atom. The van der Waals surface area contributed by atoms with Crippen LogP contribution in [-0.4, -0.2) is 39.1 Å². The van der Waals surface area contributed by atoms with Crippen LogP contribution < -0.4 is 5.32 Å². The van der Waals surface area contributed by atoms with Crippen LogP contribution in [0.1, 0.15) is 37.9 Å². The van der Waals surface area contributed by atoms with Crippen molar-refractivity contribution in [3.63, 3.8) is 0 Å². The van der Waals surface area contributed by atoms with Crippen LogP contribution in [0.3, 0.4) is 0 Å². The number of aryl methyl sites for hydroxylation is 1. The molecule has 5 nitrogen and oxygen atoms in total. The van der Waals surface area contributed by atoms with Crippen LogP contribution in [0.4, 0.5) is 5.82 Å². The zero-order valence-corrected chi connectivity index (χ0v) is 18.8. The van der Waals surface area contributed by atoms with E-state index < -0.39 is 0 Å². The smallest absolute Gasteiger partial charge is 0.130 e. The van der Waals surface area contributed by atoms with Gasteiger partial charge in [-0.05, 0) is 69.1 Å². The fourth-order valence-corrected chi connectivity index (χ4v) is 4.91. The summed E-state index contributed by atoms with van der Waals surface area (Å²) in [5.74, 6) is 3.38. The van der Waals surface area contributed by atoms with Gasteiger partial charge in [0.15, 0.2) is 0 Å². The number of nitrogens with one attached hydrogen (secondary N) is 1. The van der Waals surface area contributed by atoms with E-state index in [1.165, 1.54) is 62.7 Å². The van der Waals surface area contributed by atoms with Crippen molar-refractivity contribution in [3.05, 3.63) is 54.8 Å². The summed E-state index contributed by atoms with van der Waals surface area (Å²) in [7, 11) is 2.06. The van der Waals surface area contributed by atoms with Gasteiger partial charge in [0.05, 0.1) is 11.9 Å². The number of imidazole rings is 1. The number of hydrogen-bond acceptors (Lipinski definition) is 4. The average Bonchev–Trinajstić information content (AvgIpc) is 3.09. The lowest BCUT2D eigenvalue weighted by Crippen LogP contribution is -2.39. The van der Waals surface area contributed by atoms with Gasteiger partial charge in [-0.15, -0.1) is 0 Å². The van der Waals surface area contributed by atoms with Gasteiger partial charge in [-0.2, -0.15) is 0 Å². The number of likely N-dealkylation sites (tertiary alicyclic amines) is 1. The summed E-state index contributed by atoms with van der Waals surface area (Å²) >= 11 is 0. The maximum atomic E-state index is 4.64. The SMILES string of the molecule is C=C(Nc1cc2cc(-c3cnc(C)n3C)ccc2cn1)C1CCN(CC2CCC2)CC1. The summed E-state index contributed by atoms with van der Waals surface area (Å²) in [5, 5.41) is 5.83. The molecule has 1 saturated carbocycles. The predicted molar refractivity (Wildman–Crippen MR) is 128 cm³/mol. The summed E-state index contributed by atoms with van der Waals surface area (Å²) in [6.07, 6.45) is 10.6. The van der Waals surface area contributed by atoms with Crippen molar-refractivity contribution in [2.24, 2.45) is 18.9 Å². The number of nitrogens with zero attached hydrogens (tertiary/aromatic N) is 4. The van der Waals surface area contributed by atoms with E-state index in [-0.39, 0.29) is 0 Å². The molecule has 2 aliphatic rings. The second-order valence-corrected chi connectivity index (χ2v) is 9.40. The van der Waals surface area contributed by atoms with Gasteiger partial charge >= 0.3 is 0 Å². The Labute approximate surface area is 185 Å². The highest BCUT2D eigenvalue weighted by molar-refractivity contribution is 5.88. The minimum atomic E-state index is 0.527. The standard InChI is InChI=1S/C26H33N5/c1-18(21-9-11-31(12-10-21)17-20-5-4-6-20)29-26-14-24-13-22(7-8-23(24)15-28-26)25-16-27-19(2)30(25)3/h7-8,13-16,20-21H,1,4-6,9-12,17H2,2-3H3,(H,28,29). The molecule has 3 aromatic rings. The predicted octanol–water partition coefficient (Wildman–Crippen LogP) is 5.38. The zero-order chi connectivity index (χ0) is 21.4. The molecule has 2 aromatic heterocycles. The molecule has 0 bridgehead atoms. The second-order valence-electron chi connectivity index (χ2n) is 9.40. The lowest BCUT2D eigenvalue weighted by molar-refractivity contribution is 0.140. The number of anilines is 1. The number of fused-ring (bicyclic) bond motifs is 1. The van der Waals surface area contributed by atoms with Crippen LogP contribution in [0.25, 0.3) is 22.0 Å². The molecule has 0 atom stereocenters. The summed E-state index contributed by atoms with van der Waals surface area (Å²) in [6.45, 7) is 10.1. The zero-order valence-electron chi connectivity index (χ0n) is 18.8. The molecule has 5 rings (SSSR count). The molecule has 1 aliphatic heterocycles. The number of piperidine rings is 1. The van der Waals surface area contributed by atoms with Crippen molar-refractivity contribution >= 4 is 16.6 Å². The minimum absolute atomic E-state index is 0.527. The first-order valence-electron chi connectivity index (χ1n) is 11.6. The highest BCUT2D eigenvalue weighted by Gasteiger charge is 2.25. The van der Waals surface area contributed by atoms with E-state index in [0.717, 1.165) is 34.3 Å². The fourth-order valence-electron chi connectivity index (χ4n) is 4.91. The van der Waals surface area contributed by atoms with Crippen molar-refractivity contribution in [1.82, 2.24) is 19.4 Å². The topological polar surface area (TPSA) is 46.0 Å². The first kappa shape index (κ1) is 20.3. The maximum absolute atomic E-state index is 4.64. The molecule has 2 fully saturated rings. The molecule has 1 aliphatic carbocycles. The van der Waals surface area contributed by atoms with Crippen molar-refractivity contribution in [1.29, 1.82) is 0 Å². The van der Waals surface area contributed by atoms with E-state index in [1.807, 2.05) is 19.3 Å². The number of pyridine rings is 1. The van der Waals surface area contributed by atoms with Gasteiger partial charge in [0.1, 0.15) is 11.6 Å². The van der Waals surface area contributed by atoms with E-state index in [1.54, 1.807) is 0 Å². The van der Waals surface area contributed by atoms with E-state index in [4.69, 9.17) is 0 Å². The third-order valence-corrected chi connectivity index (χ3v) is 7.35. The molecule has 162 valence electrons. The molecule has 1 aromatic carbocycles. The molecule has 0 spiro atoms. The lowest BCUT2D eigenvalue weighted by Gasteiger charge is -2.37. The first-order valence-corrected chi connectivity index (χ1v) is 11.6. The molecule has 0 radical (unpaired) electrons. The van der Waals surface area contributed by atoms with Crippen LogP contribution in [-0.2, 0) is 7.05 Å². The number of benzene rings is 1. The van der Waals surface area contributed by atoms with Gasteiger partial charge in [0, 0.05) is 42.4 Å². The second kappa shape index (κ2) is 8.46. The minimum Gasteiger partial charge on any atom is -0.344 e. The third kappa shape index (κ3) is 4.24. The summed E-state index contributed by atoms with van der Waals surface area (Å²) < 4.78 is 2.13. The average molecular weight is 416 g/mol.